The van der Waals surface area contributed by atoms with E-state index in [1.165, 1.54) is 4.88 Å². The minimum absolute atomic E-state index is 0.105. The van der Waals surface area contributed by atoms with Crippen molar-refractivity contribution in [2.24, 2.45) is 0 Å². The van der Waals surface area contributed by atoms with E-state index in [0.717, 1.165) is 12.1 Å². The van der Waals surface area contributed by atoms with Crippen LogP contribution in [-0.4, -0.2) is 31.7 Å². The molecule has 2 aromatic rings. The van der Waals surface area contributed by atoms with Crippen LogP contribution in [0.4, 0.5) is 10.5 Å². The maximum Gasteiger partial charge on any atom is 0.338 e. The van der Waals surface area contributed by atoms with Crippen LogP contribution in [0.15, 0.2) is 41.8 Å². The fourth-order valence-corrected chi connectivity index (χ4v) is 2.97. The van der Waals surface area contributed by atoms with Crippen molar-refractivity contribution in [2.45, 2.75) is 6.42 Å². The number of thiophene rings is 1. The molecule has 0 spiro atoms. The lowest BCUT2D eigenvalue weighted by atomic mass is 10.2. The van der Waals surface area contributed by atoms with Crippen molar-refractivity contribution in [3.63, 3.8) is 0 Å². The minimum atomic E-state index is -0.339. The topological polar surface area (TPSA) is 58.6 Å². The fourth-order valence-electron chi connectivity index (χ4n) is 2.28. The lowest BCUT2D eigenvalue weighted by Crippen LogP contribution is -2.27. The monoisotopic (exact) mass is 316 g/mol. The summed E-state index contributed by atoms with van der Waals surface area (Å²) in [5.74, 6) is -0.339. The Kier molecular flexibility index (Phi) is 4.39. The highest BCUT2D eigenvalue weighted by atomic mass is 32.1. The van der Waals surface area contributed by atoms with Crippen molar-refractivity contribution in [3.8, 4) is 0 Å². The SMILES string of the molecule is O=C(OCCc1cccs1)c1ccc(N2CCNC2=O)cc1. The first kappa shape index (κ1) is 14.6. The van der Waals surface area contributed by atoms with Crippen LogP contribution in [0.2, 0.25) is 0 Å². The molecular formula is C16H16N2O3S. The van der Waals surface area contributed by atoms with Gasteiger partial charge in [0, 0.05) is 30.1 Å². The lowest BCUT2D eigenvalue weighted by molar-refractivity contribution is 0.0510. The number of urea groups is 1. The molecule has 2 amide bonds. The standard InChI is InChI=1S/C16H16N2O3S/c19-15(21-10-7-14-2-1-11-22-14)12-3-5-13(6-4-12)18-9-8-17-16(18)20/h1-6,11H,7-10H2,(H,17,20). The Balaban J connectivity index is 1.55. The van der Waals surface area contributed by atoms with E-state index >= 15 is 0 Å². The molecule has 0 radical (unpaired) electrons. The Morgan fingerprint density at radius 2 is 2.09 bits per heavy atom. The van der Waals surface area contributed by atoms with E-state index < -0.39 is 0 Å². The third-order valence-electron chi connectivity index (χ3n) is 3.43. The van der Waals surface area contributed by atoms with Gasteiger partial charge in [0.15, 0.2) is 0 Å². The molecule has 2 heterocycles. The van der Waals surface area contributed by atoms with Crippen molar-refractivity contribution < 1.29 is 14.3 Å². The molecular weight excluding hydrogens is 300 g/mol. The summed E-state index contributed by atoms with van der Waals surface area (Å²) in [4.78, 5) is 26.4. The first-order valence-electron chi connectivity index (χ1n) is 7.09. The first-order chi connectivity index (χ1) is 10.7. The minimum Gasteiger partial charge on any atom is -0.462 e. The molecule has 1 N–H and O–H groups in total. The first-order valence-corrected chi connectivity index (χ1v) is 7.97. The Morgan fingerprint density at radius 1 is 1.27 bits per heavy atom. The molecule has 6 heteroatoms. The Bertz CT molecular complexity index is 653. The van der Waals surface area contributed by atoms with Gasteiger partial charge in [0.2, 0.25) is 0 Å². The highest BCUT2D eigenvalue weighted by molar-refractivity contribution is 7.09. The van der Waals surface area contributed by atoms with Crippen LogP contribution in [0.25, 0.3) is 0 Å². The van der Waals surface area contributed by atoms with Gasteiger partial charge in [0.1, 0.15) is 0 Å². The number of benzene rings is 1. The molecule has 0 atom stereocenters. The van der Waals surface area contributed by atoms with E-state index in [0.29, 0.717) is 25.3 Å². The number of carbonyl (C=O) groups is 2. The van der Waals surface area contributed by atoms with Gasteiger partial charge in [-0.2, -0.15) is 0 Å². The van der Waals surface area contributed by atoms with Gasteiger partial charge >= 0.3 is 12.0 Å². The number of hydrogen-bond acceptors (Lipinski definition) is 4. The van der Waals surface area contributed by atoms with Crippen molar-refractivity contribution >= 4 is 29.0 Å². The zero-order valence-corrected chi connectivity index (χ0v) is 12.8. The summed E-state index contributed by atoms with van der Waals surface area (Å²) in [6.45, 7) is 1.66. The van der Waals surface area contributed by atoms with E-state index in [1.807, 2.05) is 17.5 Å². The van der Waals surface area contributed by atoms with E-state index in [1.54, 1.807) is 40.5 Å². The third kappa shape index (κ3) is 3.28. The largest absolute Gasteiger partial charge is 0.462 e. The number of carbonyl (C=O) groups excluding carboxylic acids is 2. The lowest BCUT2D eigenvalue weighted by Gasteiger charge is -2.14. The quantitative estimate of drug-likeness (QED) is 0.863. The molecule has 1 aromatic carbocycles. The normalized spacial score (nSPS) is 14.0. The van der Waals surface area contributed by atoms with Crippen LogP contribution in [0.5, 0.6) is 0 Å². The van der Waals surface area contributed by atoms with Gasteiger partial charge in [0.25, 0.3) is 0 Å². The fraction of sp³-hybridized carbons (Fsp3) is 0.250. The van der Waals surface area contributed by atoms with Gasteiger partial charge in [-0.3, -0.25) is 4.90 Å². The van der Waals surface area contributed by atoms with E-state index in [4.69, 9.17) is 4.74 Å². The van der Waals surface area contributed by atoms with Gasteiger partial charge < -0.3 is 10.1 Å². The molecule has 0 aliphatic carbocycles. The highest BCUT2D eigenvalue weighted by Crippen LogP contribution is 2.18. The number of anilines is 1. The van der Waals surface area contributed by atoms with Crippen molar-refractivity contribution in [2.75, 3.05) is 24.6 Å². The molecule has 22 heavy (non-hydrogen) atoms. The molecule has 1 aliphatic heterocycles. The summed E-state index contributed by atoms with van der Waals surface area (Å²) in [6, 6.07) is 10.8. The summed E-state index contributed by atoms with van der Waals surface area (Å²) < 4.78 is 5.26. The summed E-state index contributed by atoms with van der Waals surface area (Å²) in [5, 5.41) is 4.75. The molecule has 1 fully saturated rings. The molecule has 1 aromatic heterocycles. The maximum absolute atomic E-state index is 12.0. The second-order valence-electron chi connectivity index (χ2n) is 4.90. The number of hydrogen-bond donors (Lipinski definition) is 1. The summed E-state index contributed by atoms with van der Waals surface area (Å²) in [5.41, 5.74) is 1.28. The van der Waals surface area contributed by atoms with Crippen LogP contribution in [0.1, 0.15) is 15.2 Å². The number of ether oxygens (including phenoxy) is 1. The number of nitrogens with one attached hydrogen (secondary N) is 1. The van der Waals surface area contributed by atoms with E-state index in [9.17, 15) is 9.59 Å². The van der Waals surface area contributed by atoms with Gasteiger partial charge in [-0.25, -0.2) is 9.59 Å². The predicted molar refractivity (Wildman–Crippen MR) is 85.5 cm³/mol. The second-order valence-corrected chi connectivity index (χ2v) is 5.93. The van der Waals surface area contributed by atoms with Crippen LogP contribution in [-0.2, 0) is 11.2 Å². The number of amides is 2. The van der Waals surface area contributed by atoms with E-state index in [-0.39, 0.29) is 12.0 Å². The van der Waals surface area contributed by atoms with Crippen LogP contribution >= 0.6 is 11.3 Å². The van der Waals surface area contributed by atoms with Crippen molar-refractivity contribution in [1.82, 2.24) is 5.32 Å². The Morgan fingerprint density at radius 3 is 2.73 bits per heavy atom. The van der Waals surface area contributed by atoms with E-state index in [2.05, 4.69) is 5.32 Å². The van der Waals surface area contributed by atoms with Crippen LogP contribution < -0.4 is 10.2 Å². The van der Waals surface area contributed by atoms with Crippen LogP contribution in [0, 0.1) is 0 Å². The smallest absolute Gasteiger partial charge is 0.338 e. The summed E-state index contributed by atoms with van der Waals surface area (Å²) in [6.07, 6.45) is 0.732. The molecule has 0 bridgehead atoms. The number of esters is 1. The van der Waals surface area contributed by atoms with Gasteiger partial charge in [-0.05, 0) is 35.7 Å². The van der Waals surface area contributed by atoms with Gasteiger partial charge in [0.05, 0.1) is 12.2 Å². The number of rotatable bonds is 5. The van der Waals surface area contributed by atoms with Crippen molar-refractivity contribution in [1.29, 1.82) is 0 Å². The molecule has 114 valence electrons. The van der Waals surface area contributed by atoms with Crippen molar-refractivity contribution in [3.05, 3.63) is 52.2 Å². The molecule has 1 saturated heterocycles. The Hall–Kier alpha value is -2.34. The molecule has 5 nitrogen and oxygen atoms in total. The third-order valence-corrected chi connectivity index (χ3v) is 4.37. The summed E-state index contributed by atoms with van der Waals surface area (Å²) in [7, 11) is 0. The number of nitrogens with zero attached hydrogens (tertiary/aromatic N) is 1. The van der Waals surface area contributed by atoms with Crippen LogP contribution in [0.3, 0.4) is 0 Å². The highest BCUT2D eigenvalue weighted by Gasteiger charge is 2.21. The van der Waals surface area contributed by atoms with Gasteiger partial charge in [-0.1, -0.05) is 6.07 Å². The predicted octanol–water partition coefficient (Wildman–Crippen LogP) is 2.68. The average Bonchev–Trinajstić information content (AvgIpc) is 3.19. The molecule has 0 saturated carbocycles. The Labute approximate surface area is 132 Å². The zero-order valence-electron chi connectivity index (χ0n) is 12.0. The average molecular weight is 316 g/mol. The molecule has 3 rings (SSSR count). The molecule has 1 aliphatic rings. The molecule has 0 unspecified atom stereocenters. The second kappa shape index (κ2) is 6.62. The maximum atomic E-state index is 12.0. The zero-order chi connectivity index (χ0) is 15.4. The summed E-state index contributed by atoms with van der Waals surface area (Å²) >= 11 is 1.65. The van der Waals surface area contributed by atoms with Gasteiger partial charge in [-0.15, -0.1) is 11.3 Å².